The molecule has 2 amide bonds. The maximum absolute atomic E-state index is 12.3. The zero-order valence-electron chi connectivity index (χ0n) is 17.7. The third-order valence-corrected chi connectivity index (χ3v) is 5.64. The summed E-state index contributed by atoms with van der Waals surface area (Å²) < 4.78 is 12.0. The van der Waals surface area contributed by atoms with Crippen molar-refractivity contribution in [2.45, 2.75) is 11.6 Å². The van der Waals surface area contributed by atoms with Gasteiger partial charge in [0.05, 0.1) is 32.1 Å². The molecule has 32 heavy (non-hydrogen) atoms. The van der Waals surface area contributed by atoms with Crippen molar-refractivity contribution in [2.75, 3.05) is 30.6 Å². The number of nitrogens with one attached hydrogen (secondary N) is 2. The van der Waals surface area contributed by atoms with Gasteiger partial charge in [-0.25, -0.2) is 0 Å². The van der Waals surface area contributed by atoms with Crippen molar-refractivity contribution in [3.05, 3.63) is 53.3 Å². The average molecular weight is 476 g/mol. The van der Waals surface area contributed by atoms with Gasteiger partial charge in [-0.1, -0.05) is 23.4 Å². The van der Waals surface area contributed by atoms with Crippen LogP contribution in [0, 0.1) is 0 Å². The summed E-state index contributed by atoms with van der Waals surface area (Å²) in [4.78, 5) is 24.7. The van der Waals surface area contributed by atoms with Crippen LogP contribution in [0.4, 0.5) is 11.4 Å². The molecule has 0 saturated carbocycles. The number of amides is 2. The quantitative estimate of drug-likeness (QED) is 0.457. The first kappa shape index (κ1) is 23.4. The molecule has 0 unspecified atom stereocenters. The number of rotatable bonds is 9. The highest BCUT2D eigenvalue weighted by Crippen LogP contribution is 2.28. The van der Waals surface area contributed by atoms with Crippen molar-refractivity contribution in [3.8, 4) is 11.5 Å². The molecule has 0 bridgehead atoms. The Kier molecular flexibility index (Phi) is 7.96. The van der Waals surface area contributed by atoms with Crippen molar-refractivity contribution >= 4 is 46.6 Å². The standard InChI is InChI=1S/C21H22ClN5O4S/c1-27-18(11-19(28)23-14-5-7-15(30-2)8-6-14)25-26-21(27)32-12-20(29)24-16-10-13(22)4-9-17(16)31-3/h4-10H,11-12H2,1-3H3,(H,23,28)(H,24,29). The van der Waals surface area contributed by atoms with Crippen LogP contribution in [0.25, 0.3) is 0 Å². The van der Waals surface area contributed by atoms with Gasteiger partial charge in [0.25, 0.3) is 0 Å². The van der Waals surface area contributed by atoms with E-state index < -0.39 is 0 Å². The van der Waals surface area contributed by atoms with Crippen molar-refractivity contribution in [3.63, 3.8) is 0 Å². The van der Waals surface area contributed by atoms with Crippen LogP contribution in [0.5, 0.6) is 11.5 Å². The molecular formula is C21H22ClN5O4S. The molecule has 2 aromatic carbocycles. The highest BCUT2D eigenvalue weighted by molar-refractivity contribution is 7.99. The zero-order chi connectivity index (χ0) is 23.1. The Bertz CT molecular complexity index is 1100. The summed E-state index contributed by atoms with van der Waals surface area (Å²) in [6, 6.07) is 12.0. The minimum atomic E-state index is -0.252. The number of thioether (sulfide) groups is 1. The average Bonchev–Trinajstić information content (AvgIpc) is 3.12. The molecule has 0 aliphatic carbocycles. The Balaban J connectivity index is 1.54. The van der Waals surface area contributed by atoms with Crippen LogP contribution in [0.15, 0.2) is 47.6 Å². The summed E-state index contributed by atoms with van der Waals surface area (Å²) in [7, 11) is 4.84. The zero-order valence-corrected chi connectivity index (χ0v) is 19.3. The van der Waals surface area contributed by atoms with Crippen molar-refractivity contribution in [2.24, 2.45) is 7.05 Å². The van der Waals surface area contributed by atoms with E-state index in [9.17, 15) is 9.59 Å². The predicted octanol–water partition coefficient (Wildman–Crippen LogP) is 3.40. The fourth-order valence-electron chi connectivity index (χ4n) is 2.74. The number of nitrogens with zero attached hydrogens (tertiary/aromatic N) is 3. The lowest BCUT2D eigenvalue weighted by molar-refractivity contribution is -0.116. The number of benzene rings is 2. The molecule has 0 atom stereocenters. The maximum atomic E-state index is 12.3. The van der Waals surface area contributed by atoms with Gasteiger partial charge in [-0.3, -0.25) is 9.59 Å². The summed E-state index contributed by atoms with van der Waals surface area (Å²) in [6.45, 7) is 0. The smallest absolute Gasteiger partial charge is 0.234 e. The van der Waals surface area contributed by atoms with Gasteiger partial charge in [-0.05, 0) is 42.5 Å². The Hall–Kier alpha value is -3.24. The summed E-state index contributed by atoms with van der Waals surface area (Å²) in [5.41, 5.74) is 1.14. The van der Waals surface area contributed by atoms with Crippen LogP contribution < -0.4 is 20.1 Å². The highest BCUT2D eigenvalue weighted by Gasteiger charge is 2.15. The van der Waals surface area contributed by atoms with Gasteiger partial charge in [0, 0.05) is 17.8 Å². The molecule has 3 rings (SSSR count). The summed E-state index contributed by atoms with van der Waals surface area (Å²) >= 11 is 7.19. The Morgan fingerprint density at radius 2 is 1.78 bits per heavy atom. The SMILES string of the molecule is COc1ccc(NC(=O)Cc2nnc(SCC(=O)Nc3cc(Cl)ccc3OC)n2C)cc1. The highest BCUT2D eigenvalue weighted by atomic mass is 35.5. The van der Waals surface area contributed by atoms with Crippen LogP contribution in [-0.2, 0) is 23.1 Å². The molecule has 168 valence electrons. The number of hydrogen-bond acceptors (Lipinski definition) is 7. The summed E-state index contributed by atoms with van der Waals surface area (Å²) in [5, 5.41) is 14.7. The molecule has 3 aromatic rings. The first-order valence-electron chi connectivity index (χ1n) is 9.48. The van der Waals surface area contributed by atoms with Gasteiger partial charge in [0.1, 0.15) is 17.3 Å². The van der Waals surface area contributed by atoms with E-state index in [1.54, 1.807) is 61.2 Å². The van der Waals surface area contributed by atoms with E-state index in [0.29, 0.717) is 38.9 Å². The van der Waals surface area contributed by atoms with E-state index in [0.717, 1.165) is 0 Å². The second kappa shape index (κ2) is 10.9. The van der Waals surface area contributed by atoms with Crippen LogP contribution in [0.1, 0.15) is 5.82 Å². The van der Waals surface area contributed by atoms with Crippen molar-refractivity contribution in [1.29, 1.82) is 0 Å². The number of methoxy groups -OCH3 is 2. The van der Waals surface area contributed by atoms with Gasteiger partial charge >= 0.3 is 0 Å². The fourth-order valence-corrected chi connectivity index (χ4v) is 3.64. The monoisotopic (exact) mass is 475 g/mol. The second-order valence-corrected chi connectivity index (χ2v) is 7.97. The number of ether oxygens (including phenoxy) is 2. The van der Waals surface area contributed by atoms with Crippen molar-refractivity contribution < 1.29 is 19.1 Å². The normalized spacial score (nSPS) is 10.5. The first-order valence-corrected chi connectivity index (χ1v) is 10.8. The lowest BCUT2D eigenvalue weighted by Gasteiger charge is -2.10. The van der Waals surface area contributed by atoms with Crippen LogP contribution >= 0.6 is 23.4 Å². The fraction of sp³-hybridized carbons (Fsp3) is 0.238. The number of carbonyl (C=O) groups excluding carboxylic acids is 2. The maximum Gasteiger partial charge on any atom is 0.234 e. The molecule has 2 N–H and O–H groups in total. The van der Waals surface area contributed by atoms with Crippen LogP contribution in [0.2, 0.25) is 5.02 Å². The van der Waals surface area contributed by atoms with E-state index >= 15 is 0 Å². The Labute approximate surface area is 194 Å². The van der Waals surface area contributed by atoms with E-state index in [1.165, 1.54) is 18.9 Å². The van der Waals surface area contributed by atoms with E-state index in [1.807, 2.05) is 0 Å². The number of halogens is 1. The topological polar surface area (TPSA) is 107 Å². The predicted molar refractivity (Wildman–Crippen MR) is 124 cm³/mol. The Morgan fingerprint density at radius 3 is 2.47 bits per heavy atom. The van der Waals surface area contributed by atoms with E-state index in [4.69, 9.17) is 21.1 Å². The largest absolute Gasteiger partial charge is 0.497 e. The minimum Gasteiger partial charge on any atom is -0.497 e. The molecule has 11 heteroatoms. The van der Waals surface area contributed by atoms with Gasteiger partial charge in [-0.2, -0.15) is 0 Å². The molecule has 0 aliphatic heterocycles. The molecular weight excluding hydrogens is 454 g/mol. The molecule has 1 heterocycles. The van der Waals surface area contributed by atoms with E-state index in [2.05, 4.69) is 20.8 Å². The molecule has 0 aliphatic rings. The van der Waals surface area contributed by atoms with Crippen LogP contribution in [0.3, 0.4) is 0 Å². The lowest BCUT2D eigenvalue weighted by Crippen LogP contribution is -2.17. The first-order chi connectivity index (χ1) is 15.4. The summed E-state index contributed by atoms with van der Waals surface area (Å²) in [6.07, 6.45) is 0.0436. The van der Waals surface area contributed by atoms with Gasteiger partial charge in [0.2, 0.25) is 11.8 Å². The van der Waals surface area contributed by atoms with E-state index in [-0.39, 0.29) is 24.0 Å². The number of carbonyl (C=O) groups is 2. The van der Waals surface area contributed by atoms with Gasteiger partial charge in [0.15, 0.2) is 5.16 Å². The molecule has 0 radical (unpaired) electrons. The number of anilines is 2. The van der Waals surface area contributed by atoms with Crippen LogP contribution in [-0.4, -0.2) is 46.6 Å². The third-order valence-electron chi connectivity index (χ3n) is 4.39. The molecule has 0 saturated heterocycles. The second-order valence-electron chi connectivity index (χ2n) is 6.59. The molecule has 0 fully saturated rings. The van der Waals surface area contributed by atoms with Gasteiger partial charge in [-0.15, -0.1) is 10.2 Å². The van der Waals surface area contributed by atoms with Crippen molar-refractivity contribution in [1.82, 2.24) is 14.8 Å². The Morgan fingerprint density at radius 1 is 1.03 bits per heavy atom. The molecule has 1 aromatic heterocycles. The summed E-state index contributed by atoms with van der Waals surface area (Å²) in [5.74, 6) is 1.31. The molecule has 9 nitrogen and oxygen atoms in total. The molecule has 0 spiro atoms. The minimum absolute atomic E-state index is 0.0436. The van der Waals surface area contributed by atoms with Gasteiger partial charge < -0.3 is 24.7 Å². The number of hydrogen-bond donors (Lipinski definition) is 2. The number of aromatic nitrogens is 3. The third kappa shape index (κ3) is 6.14. The lowest BCUT2D eigenvalue weighted by atomic mass is 10.3.